The van der Waals surface area contributed by atoms with Gasteiger partial charge in [-0.1, -0.05) is 170 Å². The molecule has 0 aliphatic carbocycles. The second-order valence-electron chi connectivity index (χ2n) is 12.0. The van der Waals surface area contributed by atoms with E-state index in [4.69, 9.17) is 18.9 Å². The lowest BCUT2D eigenvalue weighted by Gasteiger charge is -2.43. The van der Waals surface area contributed by atoms with Crippen molar-refractivity contribution in [3.8, 4) is 11.5 Å². The molecule has 6 rings (SSSR count). The van der Waals surface area contributed by atoms with E-state index < -0.39 is 20.7 Å². The molecule has 2 atom stereocenters. The number of para-hydroxylation sites is 2. The summed E-state index contributed by atoms with van der Waals surface area (Å²) in [6, 6.07) is 51.0. The highest BCUT2D eigenvalue weighted by atomic mass is 32.2. The van der Waals surface area contributed by atoms with E-state index in [0.29, 0.717) is 33.8 Å². The Labute approximate surface area is 309 Å². The summed E-state index contributed by atoms with van der Waals surface area (Å²) in [6.45, 7) is 0. The zero-order chi connectivity index (χ0) is 36.4. The van der Waals surface area contributed by atoms with Crippen LogP contribution in [0.2, 0.25) is 0 Å². The predicted octanol–water partition coefficient (Wildman–Crippen LogP) is 10.2. The largest absolute Gasteiger partial charge is 0.496 e. The predicted molar refractivity (Wildman–Crippen MR) is 213 cm³/mol. The maximum atomic E-state index is 16.6. The Morgan fingerprint density at radius 1 is 0.404 bits per heavy atom. The summed E-state index contributed by atoms with van der Waals surface area (Å²) in [5.74, 6) is 1.03. The van der Waals surface area contributed by atoms with Crippen LogP contribution in [-0.4, -0.2) is 32.6 Å². The molecule has 0 aliphatic rings. The monoisotopic (exact) mass is 706 g/mol. The normalized spacial score (nSPS) is 14.5. The van der Waals surface area contributed by atoms with Crippen LogP contribution in [0.5, 0.6) is 11.5 Å². The Balaban J connectivity index is 1.71. The van der Waals surface area contributed by atoms with E-state index >= 15 is 4.21 Å². The fourth-order valence-corrected chi connectivity index (χ4v) is 8.92. The molecule has 0 bridgehead atoms. The minimum absolute atomic E-state index is 0.516. The van der Waals surface area contributed by atoms with Crippen molar-refractivity contribution in [1.29, 1.82) is 0 Å². The van der Waals surface area contributed by atoms with Crippen LogP contribution in [0.15, 0.2) is 158 Å². The quantitative estimate of drug-likeness (QED) is 0.106. The van der Waals surface area contributed by atoms with Crippen molar-refractivity contribution < 1.29 is 23.2 Å². The molecule has 0 amide bonds. The molecule has 0 N–H and O–H groups in total. The van der Waals surface area contributed by atoms with Gasteiger partial charge in [0.15, 0.2) is 0 Å². The fraction of sp³-hybridized carbons (Fsp3) is 0.130. The molecule has 6 aromatic rings. The van der Waals surface area contributed by atoms with E-state index in [1.807, 2.05) is 182 Å². The van der Waals surface area contributed by atoms with Crippen molar-refractivity contribution in [3.63, 3.8) is 0 Å². The third-order valence-corrected chi connectivity index (χ3v) is 11.4. The molecular weight excluding hydrogens is 665 g/mol. The summed E-state index contributed by atoms with van der Waals surface area (Å²) in [4.78, 5) is -3.31. The molecule has 262 valence electrons. The van der Waals surface area contributed by atoms with Crippen LogP contribution in [0.4, 0.5) is 0 Å². The topological polar surface area (TPSA) is 54.0 Å². The smallest absolute Gasteiger partial charge is 0.201 e. The van der Waals surface area contributed by atoms with Gasteiger partial charge in [-0.15, -0.1) is 0 Å². The first-order chi connectivity index (χ1) is 25.5. The van der Waals surface area contributed by atoms with Gasteiger partial charge in [-0.05, 0) is 34.4 Å². The van der Waals surface area contributed by atoms with Crippen molar-refractivity contribution in [3.05, 3.63) is 202 Å². The molecule has 0 fully saturated rings. The maximum Gasteiger partial charge on any atom is 0.201 e. The second kappa shape index (κ2) is 16.7. The summed E-state index contributed by atoms with van der Waals surface area (Å²) < 4.78 is 42.1. The highest BCUT2D eigenvalue weighted by molar-refractivity contribution is 7.87. The van der Waals surface area contributed by atoms with Gasteiger partial charge in [0.25, 0.3) is 0 Å². The summed E-state index contributed by atoms with van der Waals surface area (Å²) in [5.41, 5.74) is 6.17. The lowest BCUT2D eigenvalue weighted by atomic mass is 9.93. The van der Waals surface area contributed by atoms with Crippen molar-refractivity contribution in [2.75, 3.05) is 28.4 Å². The molecular formula is C46H42O5S. The molecule has 0 saturated carbocycles. The molecule has 0 aliphatic heterocycles. The van der Waals surface area contributed by atoms with Gasteiger partial charge in [0.05, 0.1) is 14.2 Å². The minimum Gasteiger partial charge on any atom is -0.496 e. The average Bonchev–Trinajstić information content (AvgIpc) is 3.22. The molecule has 52 heavy (non-hydrogen) atoms. The van der Waals surface area contributed by atoms with Gasteiger partial charge in [0.2, 0.25) is 9.87 Å². The van der Waals surface area contributed by atoms with Gasteiger partial charge >= 0.3 is 0 Å². The molecule has 6 aromatic carbocycles. The highest BCUT2D eigenvalue weighted by Gasteiger charge is 2.57. The third kappa shape index (κ3) is 6.89. The van der Waals surface area contributed by atoms with Crippen molar-refractivity contribution in [2.24, 2.45) is 0 Å². The van der Waals surface area contributed by atoms with E-state index in [-0.39, 0.29) is 0 Å². The second-order valence-corrected chi connectivity index (χ2v) is 13.7. The number of benzene rings is 6. The van der Waals surface area contributed by atoms with E-state index in [2.05, 4.69) is 0 Å². The van der Waals surface area contributed by atoms with Gasteiger partial charge in [0.1, 0.15) is 22.3 Å². The molecule has 0 aromatic heterocycles. The Morgan fingerprint density at radius 3 is 1.10 bits per heavy atom. The van der Waals surface area contributed by atoms with Crippen molar-refractivity contribution in [1.82, 2.24) is 0 Å². The molecule has 0 saturated heterocycles. The number of rotatable bonds is 14. The van der Waals surface area contributed by atoms with Crippen LogP contribution in [0.3, 0.4) is 0 Å². The molecule has 0 radical (unpaired) electrons. The standard InChI is InChI=1S/C46H42O5S/c1-48-43-29-17-15-27-41(43)45(50-3,39-25-13-11-23-37(39)33-31-35-19-7-5-8-20-35)52(47)46(51-4,42-28-16-18-30-44(42)49-2)40-26-14-12-24-38(40)34-32-36-21-9-6-10-22-36/h5-34H,1-4H3. The van der Waals surface area contributed by atoms with Crippen LogP contribution in [0.25, 0.3) is 24.3 Å². The van der Waals surface area contributed by atoms with Gasteiger partial charge in [0, 0.05) is 36.5 Å². The number of methoxy groups -OCH3 is 4. The molecule has 0 spiro atoms. The summed E-state index contributed by atoms with van der Waals surface area (Å²) in [7, 11) is 4.26. The van der Waals surface area contributed by atoms with Crippen LogP contribution in [0.1, 0.15) is 44.5 Å². The van der Waals surface area contributed by atoms with Crippen molar-refractivity contribution in [2.45, 2.75) is 9.87 Å². The van der Waals surface area contributed by atoms with Gasteiger partial charge in [-0.3, -0.25) is 4.21 Å². The summed E-state index contributed by atoms with van der Waals surface area (Å²) in [5, 5.41) is 0. The SMILES string of the molecule is COc1ccccc1C(OC)(c1ccccc1C=Cc1ccccc1)S(=O)C(OC)(c1ccccc1C=Cc1ccccc1)c1ccccc1OC. The molecule has 0 heterocycles. The Bertz CT molecular complexity index is 2020. The van der Waals surface area contributed by atoms with E-state index in [0.717, 1.165) is 22.3 Å². The Hall–Kier alpha value is -5.53. The first kappa shape index (κ1) is 36.3. The average molecular weight is 707 g/mol. The Kier molecular flexibility index (Phi) is 11.6. The fourth-order valence-electron chi connectivity index (χ4n) is 6.70. The van der Waals surface area contributed by atoms with Crippen LogP contribution in [-0.2, 0) is 30.1 Å². The maximum absolute atomic E-state index is 16.6. The molecule has 5 nitrogen and oxygen atoms in total. The zero-order valence-electron chi connectivity index (χ0n) is 29.8. The number of ether oxygens (including phenoxy) is 4. The number of hydrogen-bond acceptors (Lipinski definition) is 5. The van der Waals surface area contributed by atoms with Crippen LogP contribution < -0.4 is 9.47 Å². The summed E-state index contributed by atoms with van der Waals surface area (Å²) >= 11 is 0. The summed E-state index contributed by atoms with van der Waals surface area (Å²) in [6.07, 6.45) is 8.13. The molecule has 6 heteroatoms. The zero-order valence-corrected chi connectivity index (χ0v) is 30.6. The van der Waals surface area contributed by atoms with Crippen LogP contribution >= 0.6 is 0 Å². The Morgan fingerprint density at radius 2 is 0.731 bits per heavy atom. The first-order valence-corrected chi connectivity index (χ1v) is 18.1. The first-order valence-electron chi connectivity index (χ1n) is 17.0. The van der Waals surface area contributed by atoms with E-state index in [1.54, 1.807) is 28.4 Å². The number of hydrogen-bond donors (Lipinski definition) is 0. The van der Waals surface area contributed by atoms with Gasteiger partial charge < -0.3 is 18.9 Å². The highest BCUT2D eigenvalue weighted by Crippen LogP contribution is 2.53. The van der Waals surface area contributed by atoms with Crippen LogP contribution in [0, 0.1) is 0 Å². The lowest BCUT2D eigenvalue weighted by molar-refractivity contribution is 0.0633. The van der Waals surface area contributed by atoms with E-state index in [9.17, 15) is 0 Å². The third-order valence-electron chi connectivity index (χ3n) is 9.16. The van der Waals surface area contributed by atoms with Gasteiger partial charge in [-0.2, -0.15) is 0 Å². The lowest BCUT2D eigenvalue weighted by Crippen LogP contribution is -2.49. The van der Waals surface area contributed by atoms with Crippen molar-refractivity contribution >= 4 is 35.1 Å². The minimum atomic E-state index is -2.13. The molecule has 2 unspecified atom stereocenters. The van der Waals surface area contributed by atoms with Gasteiger partial charge in [-0.25, -0.2) is 0 Å². The van der Waals surface area contributed by atoms with E-state index in [1.165, 1.54) is 0 Å².